The van der Waals surface area contributed by atoms with Crippen LogP contribution in [0.5, 0.6) is 11.5 Å². The number of aromatic nitrogens is 2. The van der Waals surface area contributed by atoms with E-state index in [0.29, 0.717) is 27.4 Å². The molecule has 0 aliphatic carbocycles. The summed E-state index contributed by atoms with van der Waals surface area (Å²) in [5.74, 6) is -0.769. The highest BCUT2D eigenvalue weighted by molar-refractivity contribution is 7.10. The van der Waals surface area contributed by atoms with Crippen LogP contribution in [0.2, 0.25) is 0 Å². The van der Waals surface area contributed by atoms with Crippen molar-refractivity contribution < 1.29 is 28.6 Å². The number of carbonyl (C=O) groups excluding carboxylic acids is 2. The second-order valence-corrected chi connectivity index (χ2v) is 7.93. The molecule has 1 aliphatic heterocycles. The Bertz CT molecular complexity index is 1310. The Morgan fingerprint density at radius 3 is 2.66 bits per heavy atom. The molecule has 0 saturated carbocycles. The number of rotatable bonds is 6. The van der Waals surface area contributed by atoms with Gasteiger partial charge in [-0.15, -0.1) is 11.3 Å². The van der Waals surface area contributed by atoms with Crippen LogP contribution in [0, 0.1) is 0 Å². The lowest BCUT2D eigenvalue weighted by Crippen LogP contribution is -2.31. The zero-order valence-electron chi connectivity index (χ0n) is 17.0. The van der Waals surface area contributed by atoms with Crippen LogP contribution < -0.4 is 14.4 Å². The zero-order valence-corrected chi connectivity index (χ0v) is 17.8. The number of hydrogen-bond donors (Lipinski definition) is 2. The number of aromatic amines is 1. The average molecular weight is 451 g/mol. The molecular formula is C22H17N3O6S. The SMILES string of the molecule is COc1cc2nc(N3C(=O)C(O)=C(C(=O)c4ccco4)C3c3cccs3)[nH]c2cc1OC. The molecule has 0 saturated heterocycles. The number of thiophene rings is 1. The third-order valence-corrected chi connectivity index (χ3v) is 6.14. The van der Waals surface area contributed by atoms with Gasteiger partial charge in [0.15, 0.2) is 23.0 Å². The van der Waals surface area contributed by atoms with Gasteiger partial charge in [-0.25, -0.2) is 4.98 Å². The average Bonchev–Trinajstić information content (AvgIpc) is 3.59. The topological polar surface area (TPSA) is 118 Å². The number of amides is 1. The zero-order chi connectivity index (χ0) is 22.4. The molecule has 1 unspecified atom stereocenters. The summed E-state index contributed by atoms with van der Waals surface area (Å²) in [6.45, 7) is 0. The van der Waals surface area contributed by atoms with E-state index in [2.05, 4.69) is 9.97 Å². The molecule has 3 aromatic heterocycles. The lowest BCUT2D eigenvalue weighted by atomic mass is 10.0. The summed E-state index contributed by atoms with van der Waals surface area (Å²) in [6, 6.07) is 9.16. The molecule has 4 heterocycles. The standard InChI is InChI=1S/C22H17N3O6S/c1-29-14-9-11-12(10-15(14)30-2)24-22(23-11)25-18(16-6-4-8-32-16)17(20(27)21(25)28)19(26)13-5-3-7-31-13/h3-10,18,27H,1-2H3,(H,23,24). The smallest absolute Gasteiger partial charge is 0.296 e. The van der Waals surface area contributed by atoms with Gasteiger partial charge in [-0.1, -0.05) is 6.07 Å². The molecule has 9 nitrogen and oxygen atoms in total. The number of H-pyrrole nitrogens is 1. The molecule has 1 atom stereocenters. The molecule has 1 aliphatic rings. The first-order valence-electron chi connectivity index (χ1n) is 9.53. The fourth-order valence-corrected chi connectivity index (χ4v) is 4.57. The summed E-state index contributed by atoms with van der Waals surface area (Å²) in [7, 11) is 3.04. The van der Waals surface area contributed by atoms with Crippen LogP contribution in [-0.4, -0.2) is 41.0 Å². The lowest BCUT2D eigenvalue weighted by molar-refractivity contribution is -0.117. The van der Waals surface area contributed by atoms with Crippen molar-refractivity contribution in [3.05, 3.63) is 70.0 Å². The molecule has 1 amide bonds. The van der Waals surface area contributed by atoms with Crippen molar-refractivity contribution in [1.29, 1.82) is 0 Å². The van der Waals surface area contributed by atoms with Crippen molar-refractivity contribution in [2.75, 3.05) is 19.1 Å². The summed E-state index contributed by atoms with van der Waals surface area (Å²) in [5, 5.41) is 12.5. The predicted molar refractivity (Wildman–Crippen MR) is 116 cm³/mol. The number of hydrogen-bond acceptors (Lipinski definition) is 8. The van der Waals surface area contributed by atoms with Gasteiger partial charge in [-0.3, -0.25) is 14.5 Å². The number of ether oxygens (including phenoxy) is 2. The van der Waals surface area contributed by atoms with Crippen molar-refractivity contribution in [3.8, 4) is 11.5 Å². The van der Waals surface area contributed by atoms with Gasteiger partial charge in [-0.05, 0) is 23.6 Å². The second-order valence-electron chi connectivity index (χ2n) is 6.95. The van der Waals surface area contributed by atoms with Crippen molar-refractivity contribution >= 4 is 40.0 Å². The molecule has 0 spiro atoms. The summed E-state index contributed by atoms with van der Waals surface area (Å²) < 4.78 is 15.9. The predicted octanol–water partition coefficient (Wildman–Crippen LogP) is 4.02. The van der Waals surface area contributed by atoms with Crippen LogP contribution in [0.4, 0.5) is 5.95 Å². The molecule has 1 aromatic carbocycles. The molecule has 0 fully saturated rings. The summed E-state index contributed by atoms with van der Waals surface area (Å²) in [4.78, 5) is 35.9. The molecule has 10 heteroatoms. The van der Waals surface area contributed by atoms with Gasteiger partial charge in [0.05, 0.1) is 37.1 Å². The maximum atomic E-state index is 13.1. The first-order valence-corrected chi connectivity index (χ1v) is 10.4. The number of ketones is 1. The van der Waals surface area contributed by atoms with Crippen molar-refractivity contribution in [2.24, 2.45) is 0 Å². The number of aliphatic hydroxyl groups is 1. The number of nitrogens with one attached hydrogen (secondary N) is 1. The van der Waals surface area contributed by atoms with Crippen LogP contribution >= 0.6 is 11.3 Å². The van der Waals surface area contributed by atoms with E-state index in [1.807, 2.05) is 5.38 Å². The van der Waals surface area contributed by atoms with Crippen molar-refractivity contribution in [1.82, 2.24) is 9.97 Å². The van der Waals surface area contributed by atoms with Gasteiger partial charge in [0.2, 0.25) is 11.7 Å². The molecular weight excluding hydrogens is 434 g/mol. The monoisotopic (exact) mass is 451 g/mol. The Hall–Kier alpha value is -4.05. The van der Waals surface area contributed by atoms with Gasteiger partial charge >= 0.3 is 0 Å². The van der Waals surface area contributed by atoms with E-state index >= 15 is 0 Å². The Balaban J connectivity index is 1.65. The lowest BCUT2D eigenvalue weighted by Gasteiger charge is -2.22. The maximum absolute atomic E-state index is 13.1. The number of fused-ring (bicyclic) bond motifs is 1. The molecule has 162 valence electrons. The van der Waals surface area contributed by atoms with E-state index in [0.717, 1.165) is 0 Å². The first-order chi connectivity index (χ1) is 15.5. The molecule has 4 aromatic rings. The van der Waals surface area contributed by atoms with Gasteiger partial charge < -0.3 is 24.0 Å². The molecule has 0 radical (unpaired) electrons. The van der Waals surface area contributed by atoms with Crippen LogP contribution in [0.1, 0.15) is 21.5 Å². The molecule has 0 bridgehead atoms. The second kappa shape index (κ2) is 7.57. The number of imidazole rings is 1. The Morgan fingerprint density at radius 1 is 1.22 bits per heavy atom. The van der Waals surface area contributed by atoms with E-state index in [4.69, 9.17) is 13.9 Å². The fraction of sp³-hybridized carbons (Fsp3) is 0.136. The minimum Gasteiger partial charge on any atom is -0.503 e. The van der Waals surface area contributed by atoms with Crippen LogP contribution in [-0.2, 0) is 4.79 Å². The van der Waals surface area contributed by atoms with Crippen LogP contribution in [0.15, 0.2) is 63.8 Å². The van der Waals surface area contributed by atoms with Gasteiger partial charge in [0.1, 0.15) is 6.04 Å². The minimum atomic E-state index is -0.871. The Labute approximate surface area is 185 Å². The molecule has 5 rings (SSSR count). The summed E-state index contributed by atoms with van der Waals surface area (Å²) >= 11 is 1.36. The number of furan rings is 1. The van der Waals surface area contributed by atoms with Gasteiger partial charge in [0, 0.05) is 17.0 Å². The first kappa shape index (κ1) is 19.9. The minimum absolute atomic E-state index is 0.0295. The number of nitrogens with zero attached hydrogens (tertiary/aromatic N) is 2. The third-order valence-electron chi connectivity index (χ3n) is 5.21. The summed E-state index contributed by atoms with van der Waals surface area (Å²) in [6.07, 6.45) is 1.36. The number of benzene rings is 1. The molecule has 32 heavy (non-hydrogen) atoms. The van der Waals surface area contributed by atoms with Crippen LogP contribution in [0.3, 0.4) is 0 Å². The van der Waals surface area contributed by atoms with E-state index in [-0.39, 0.29) is 17.3 Å². The quantitative estimate of drug-likeness (QED) is 0.425. The highest BCUT2D eigenvalue weighted by atomic mass is 32.1. The van der Waals surface area contributed by atoms with E-state index in [1.165, 1.54) is 42.8 Å². The van der Waals surface area contributed by atoms with E-state index < -0.39 is 23.5 Å². The summed E-state index contributed by atoms with van der Waals surface area (Å²) in [5.41, 5.74) is 1.06. The molecule has 2 N–H and O–H groups in total. The highest BCUT2D eigenvalue weighted by Gasteiger charge is 2.47. The number of Topliss-reactive ketones (excluding diaryl/α,β-unsaturated/α-hetero) is 1. The van der Waals surface area contributed by atoms with Crippen molar-refractivity contribution in [3.63, 3.8) is 0 Å². The maximum Gasteiger partial charge on any atom is 0.296 e. The van der Waals surface area contributed by atoms with Gasteiger partial charge in [-0.2, -0.15) is 0 Å². The highest BCUT2D eigenvalue weighted by Crippen LogP contribution is 2.43. The largest absolute Gasteiger partial charge is 0.503 e. The Kier molecular flexibility index (Phi) is 4.71. The Morgan fingerprint density at radius 2 is 2.00 bits per heavy atom. The number of carbonyl (C=O) groups is 2. The van der Waals surface area contributed by atoms with E-state index in [9.17, 15) is 14.7 Å². The van der Waals surface area contributed by atoms with E-state index in [1.54, 1.807) is 30.3 Å². The van der Waals surface area contributed by atoms with Crippen LogP contribution in [0.25, 0.3) is 11.0 Å². The van der Waals surface area contributed by atoms with Gasteiger partial charge in [0.25, 0.3) is 5.91 Å². The number of aliphatic hydroxyl groups excluding tert-OH is 1. The fourth-order valence-electron chi connectivity index (χ4n) is 3.75. The third kappa shape index (κ3) is 2.95. The normalized spacial score (nSPS) is 16.2. The number of anilines is 1. The number of methoxy groups -OCH3 is 2. The van der Waals surface area contributed by atoms with Crippen molar-refractivity contribution in [2.45, 2.75) is 6.04 Å².